The summed E-state index contributed by atoms with van der Waals surface area (Å²) in [5.74, 6) is 0. The summed E-state index contributed by atoms with van der Waals surface area (Å²) in [6.07, 6.45) is 0. The fraction of sp³-hybridized carbons (Fsp3) is 0. The molecule has 13 nitrogen and oxygen atoms in total. The summed E-state index contributed by atoms with van der Waals surface area (Å²) in [6.45, 7) is 0. The minimum atomic E-state index is 0. The first-order valence-electron chi connectivity index (χ1n) is 0. The molecule has 0 saturated carbocycles. The van der Waals surface area contributed by atoms with E-state index in [4.69, 9.17) is 0 Å². The Labute approximate surface area is 266 Å². The van der Waals surface area contributed by atoms with Crippen LogP contribution in [-0.4, -0.2) is 91.0 Å². The second kappa shape index (κ2) is 464. The molecule has 21 heteroatoms. The molecule has 0 rings (SSSR count). The zero-order chi connectivity index (χ0) is 0. The summed E-state index contributed by atoms with van der Waals surface area (Å²) >= 11 is 0. The van der Waals surface area contributed by atoms with Crippen LogP contribution in [-0.2, 0) is 181 Å². The van der Waals surface area contributed by atoms with E-state index in [1.54, 1.807) is 0 Å². The normalized spacial score (nSPS) is 0. The van der Waals surface area contributed by atoms with E-state index in [-0.39, 0.29) is 272 Å². The first kappa shape index (κ1) is 522. The van der Waals surface area contributed by atoms with Gasteiger partial charge in [0.25, 0.3) is 0 Å². The van der Waals surface area contributed by atoms with Crippen molar-refractivity contribution in [2.24, 2.45) is 0 Å². The Kier molecular flexibility index (Phi) is 11500. The van der Waals surface area contributed by atoms with Crippen molar-refractivity contribution in [2.75, 3.05) is 0 Å². The van der Waals surface area contributed by atoms with Gasteiger partial charge >= 0.3 is 201 Å². The maximum absolute atomic E-state index is 0. The van der Waals surface area contributed by atoms with Gasteiger partial charge in [0.1, 0.15) is 0 Å². The van der Waals surface area contributed by atoms with Gasteiger partial charge in [0, 0.05) is 0 Å². The molecule has 0 aliphatic heterocycles. The summed E-state index contributed by atoms with van der Waals surface area (Å²) < 4.78 is 0. The van der Waals surface area contributed by atoms with Gasteiger partial charge in [-0.2, -0.15) is 0 Å². The predicted molar refractivity (Wildman–Crippen MR) is 20.4 cm³/mol. The Morgan fingerprint density at radius 2 is 0.238 bits per heavy atom. The standard InChI is InChI=1S/2Co.2Fe.2Mo.13O.2Sr/q2*+2;2*+3;2*+6;13*-2;2*+2. The van der Waals surface area contributed by atoms with Gasteiger partial charge in [-0.05, 0) is 0 Å². The van der Waals surface area contributed by atoms with E-state index >= 15 is 0 Å². The van der Waals surface area contributed by atoms with Crippen LogP contribution in [0.25, 0.3) is 0 Å². The average molecular weight is 805 g/mol. The molecule has 0 fully saturated rings. The molecule has 0 bridgehead atoms. The quantitative estimate of drug-likeness (QED) is 0.233. The summed E-state index contributed by atoms with van der Waals surface area (Å²) in [4.78, 5) is 0. The third-order valence-corrected chi connectivity index (χ3v) is 0. The van der Waals surface area contributed by atoms with Crippen molar-refractivity contribution >= 4 is 91.0 Å². The first-order chi connectivity index (χ1) is 0. The molecule has 0 aliphatic carbocycles. The van der Waals surface area contributed by atoms with Gasteiger partial charge in [-0.3, -0.25) is 0 Å². The van der Waals surface area contributed by atoms with E-state index in [1.165, 1.54) is 0 Å². The number of rotatable bonds is 0. The van der Waals surface area contributed by atoms with Gasteiger partial charge in [0.2, 0.25) is 0 Å². The molecule has 0 saturated heterocycles. The van der Waals surface area contributed by atoms with Crippen molar-refractivity contribution in [1.29, 1.82) is 0 Å². The van der Waals surface area contributed by atoms with Crippen LogP contribution >= 0.6 is 0 Å². The molecule has 0 aromatic heterocycles. The molecular formula is Co2Fe2Mo2O13Sr2. The molecule has 0 N–H and O–H groups in total. The summed E-state index contributed by atoms with van der Waals surface area (Å²) in [5, 5.41) is 0. The van der Waals surface area contributed by atoms with Crippen LogP contribution in [0.5, 0.6) is 0 Å². The minimum Gasteiger partial charge on any atom is -2.00 e. The maximum Gasteiger partial charge on any atom is 6.00 e. The van der Waals surface area contributed by atoms with Crippen LogP contribution in [0.1, 0.15) is 0 Å². The smallest absolute Gasteiger partial charge is 2.00 e. The van der Waals surface area contributed by atoms with Gasteiger partial charge in [0.15, 0.2) is 0 Å². The van der Waals surface area contributed by atoms with Crippen LogP contribution in [0.2, 0.25) is 0 Å². The van der Waals surface area contributed by atoms with Gasteiger partial charge in [0.05, 0.1) is 0 Å². The summed E-state index contributed by atoms with van der Waals surface area (Å²) in [6, 6.07) is 0. The third-order valence-electron chi connectivity index (χ3n) is 0. The minimum absolute atomic E-state index is 0. The molecule has 0 atom stereocenters. The SMILES string of the molecule is [Co+2].[Co+2].[Fe+3].[Fe+3].[Mo+6].[Mo+6].[O-2].[O-2].[O-2].[O-2].[O-2].[O-2].[O-2].[O-2].[O-2].[O-2].[O-2].[O-2].[O-2].[Sr+2].[Sr+2]. The largest absolute Gasteiger partial charge is 6.00 e. The van der Waals surface area contributed by atoms with Crippen molar-refractivity contribution in [3.8, 4) is 0 Å². The molecular weight excluding hydrogens is 805 g/mol. The number of hydrogen-bond acceptors (Lipinski definition) is 0. The monoisotopic (exact) mass is 809 g/mol. The zero-order valence-corrected chi connectivity index (χ0v) is 24.2. The summed E-state index contributed by atoms with van der Waals surface area (Å²) in [5.41, 5.74) is 0. The van der Waals surface area contributed by atoms with E-state index in [0.717, 1.165) is 0 Å². The molecule has 0 heterocycles. The Morgan fingerprint density at radius 3 is 0.238 bits per heavy atom. The van der Waals surface area contributed by atoms with Gasteiger partial charge in [-0.15, -0.1) is 0 Å². The van der Waals surface area contributed by atoms with Gasteiger partial charge in [-0.25, -0.2) is 0 Å². The van der Waals surface area contributed by atoms with E-state index < -0.39 is 0 Å². The van der Waals surface area contributed by atoms with Crippen molar-refractivity contribution in [3.05, 3.63) is 0 Å². The zero-order valence-electron chi connectivity index (χ0n) is 8.91. The predicted octanol–water partition coefficient (Wildman–Crippen LogP) is -2.32. The van der Waals surface area contributed by atoms with E-state index in [0.29, 0.717) is 0 Å². The van der Waals surface area contributed by atoms with Crippen LogP contribution in [0.3, 0.4) is 0 Å². The molecule has 4 radical (unpaired) electrons. The van der Waals surface area contributed by atoms with E-state index in [1.807, 2.05) is 0 Å². The van der Waals surface area contributed by atoms with Gasteiger partial charge < -0.3 is 71.2 Å². The fourth-order valence-electron chi connectivity index (χ4n) is 0. The topological polar surface area (TPSA) is 370 Å². The molecule has 0 aromatic carbocycles. The van der Waals surface area contributed by atoms with Crippen molar-refractivity contribution in [1.82, 2.24) is 0 Å². The van der Waals surface area contributed by atoms with E-state index in [2.05, 4.69) is 0 Å². The summed E-state index contributed by atoms with van der Waals surface area (Å²) in [7, 11) is 0. The second-order valence-electron chi connectivity index (χ2n) is 0. The second-order valence-corrected chi connectivity index (χ2v) is 0. The molecule has 21 heavy (non-hydrogen) atoms. The fourth-order valence-corrected chi connectivity index (χ4v) is 0. The number of hydrogen-bond donors (Lipinski definition) is 0. The molecule has 128 valence electrons. The van der Waals surface area contributed by atoms with Crippen LogP contribution < -0.4 is 0 Å². The molecule has 0 aromatic rings. The Bertz CT molecular complexity index is 36.1. The van der Waals surface area contributed by atoms with Crippen molar-refractivity contribution < 1.29 is 181 Å². The first-order valence-corrected chi connectivity index (χ1v) is 0. The van der Waals surface area contributed by atoms with Crippen LogP contribution in [0.15, 0.2) is 0 Å². The van der Waals surface area contributed by atoms with Crippen molar-refractivity contribution in [2.45, 2.75) is 0 Å². The van der Waals surface area contributed by atoms with Crippen molar-refractivity contribution in [3.63, 3.8) is 0 Å². The maximum atomic E-state index is 0. The molecule has 0 unspecified atom stereocenters. The Hall–Kier alpha value is 5.87. The van der Waals surface area contributed by atoms with Gasteiger partial charge in [-0.1, -0.05) is 0 Å². The third kappa shape index (κ3) is 428. The molecule has 0 amide bonds. The molecule has 0 spiro atoms. The van der Waals surface area contributed by atoms with Crippen LogP contribution in [0.4, 0.5) is 0 Å². The Balaban J connectivity index is 0. The Morgan fingerprint density at radius 1 is 0.238 bits per heavy atom. The molecule has 0 aliphatic rings. The average Bonchev–Trinajstić information content (AvgIpc) is 0. The van der Waals surface area contributed by atoms with E-state index in [9.17, 15) is 0 Å². The van der Waals surface area contributed by atoms with Crippen LogP contribution in [0, 0.1) is 0 Å².